The predicted molar refractivity (Wildman–Crippen MR) is 75.6 cm³/mol. The number of halogens is 1. The Morgan fingerprint density at radius 2 is 2.33 bits per heavy atom. The third-order valence-electron chi connectivity index (χ3n) is 2.86. The Hall–Kier alpha value is -0.300. The number of hydrogen-bond acceptors (Lipinski definition) is 5. The van der Waals surface area contributed by atoms with Gasteiger partial charge in [-0.15, -0.1) is 0 Å². The molecular weight excluding hydrogens is 292 g/mol. The number of nitrogens with zero attached hydrogens (tertiary/aromatic N) is 2. The van der Waals surface area contributed by atoms with Crippen LogP contribution in [0.5, 0.6) is 0 Å². The van der Waals surface area contributed by atoms with E-state index in [0.29, 0.717) is 17.5 Å². The second kappa shape index (κ2) is 5.77. The topological polar surface area (TPSA) is 50.3 Å². The summed E-state index contributed by atoms with van der Waals surface area (Å²) in [5.41, 5.74) is 0.986. The molecule has 0 aliphatic carbocycles. The van der Waals surface area contributed by atoms with Crippen molar-refractivity contribution in [2.24, 2.45) is 0 Å². The molecule has 1 aliphatic heterocycles. The lowest BCUT2D eigenvalue weighted by Crippen LogP contribution is -2.46. The predicted octanol–water partition coefficient (Wildman–Crippen LogP) is 1.65. The van der Waals surface area contributed by atoms with Crippen molar-refractivity contribution in [3.8, 4) is 0 Å². The smallest absolute Gasteiger partial charge is 0.164 e. The second-order valence-corrected chi connectivity index (χ2v) is 8.06. The molecule has 1 fully saturated rings. The van der Waals surface area contributed by atoms with Gasteiger partial charge in [0.2, 0.25) is 0 Å². The first kappa shape index (κ1) is 14.1. The monoisotopic (exact) mass is 306 g/mol. The highest BCUT2D eigenvalue weighted by molar-refractivity contribution is 8.00. The molecule has 2 rings (SSSR count). The summed E-state index contributed by atoms with van der Waals surface area (Å²) in [6, 6.07) is 3.61. The highest BCUT2D eigenvalue weighted by atomic mass is 35.5. The van der Waals surface area contributed by atoms with E-state index in [1.165, 1.54) is 6.26 Å². The normalized spacial score (nSPS) is 22.0. The lowest BCUT2D eigenvalue weighted by atomic mass is 10.2. The van der Waals surface area contributed by atoms with Crippen LogP contribution in [0.2, 0.25) is 5.15 Å². The minimum absolute atomic E-state index is 0.396. The molecule has 0 aromatic carbocycles. The summed E-state index contributed by atoms with van der Waals surface area (Å²) >= 11 is 7.42. The van der Waals surface area contributed by atoms with Crippen LogP contribution in [-0.4, -0.2) is 48.0 Å². The third kappa shape index (κ3) is 3.60. The SMILES string of the molecule is CS(=O)(=O)C1CSCCN1Cc1ccc(Cl)nc1. The Bertz CT molecular complexity index is 504. The fourth-order valence-corrected chi connectivity index (χ4v) is 4.98. The minimum atomic E-state index is -3.04. The summed E-state index contributed by atoms with van der Waals surface area (Å²) in [6.45, 7) is 1.38. The van der Waals surface area contributed by atoms with E-state index >= 15 is 0 Å². The zero-order valence-electron chi connectivity index (χ0n) is 10.0. The Morgan fingerprint density at radius 3 is 2.94 bits per heavy atom. The van der Waals surface area contributed by atoms with E-state index in [1.54, 1.807) is 24.0 Å². The van der Waals surface area contributed by atoms with Crippen molar-refractivity contribution in [3.05, 3.63) is 29.0 Å². The van der Waals surface area contributed by atoms with Gasteiger partial charge in [-0.05, 0) is 11.6 Å². The van der Waals surface area contributed by atoms with Gasteiger partial charge in [-0.1, -0.05) is 17.7 Å². The maximum atomic E-state index is 11.7. The molecule has 0 amide bonds. The molecule has 0 N–H and O–H groups in total. The van der Waals surface area contributed by atoms with Crippen molar-refractivity contribution in [3.63, 3.8) is 0 Å². The number of pyridine rings is 1. The Labute approximate surface area is 117 Å². The van der Waals surface area contributed by atoms with Gasteiger partial charge in [0.1, 0.15) is 10.5 Å². The van der Waals surface area contributed by atoms with Crippen LogP contribution in [-0.2, 0) is 16.4 Å². The van der Waals surface area contributed by atoms with Crippen LogP contribution < -0.4 is 0 Å². The molecule has 0 spiro atoms. The maximum Gasteiger partial charge on any atom is 0.164 e. The number of thioether (sulfide) groups is 1. The quantitative estimate of drug-likeness (QED) is 0.795. The molecular formula is C11H15ClN2O2S2. The van der Waals surface area contributed by atoms with Gasteiger partial charge in [-0.25, -0.2) is 13.4 Å². The summed E-state index contributed by atoms with van der Waals surface area (Å²) < 4.78 is 23.5. The van der Waals surface area contributed by atoms with Gasteiger partial charge in [-0.2, -0.15) is 11.8 Å². The first-order valence-corrected chi connectivity index (χ1v) is 9.06. The summed E-state index contributed by atoms with van der Waals surface area (Å²) in [7, 11) is -3.04. The number of hydrogen-bond donors (Lipinski definition) is 0. The average Bonchev–Trinajstić information content (AvgIpc) is 2.31. The fraction of sp³-hybridized carbons (Fsp3) is 0.545. The van der Waals surface area contributed by atoms with E-state index in [2.05, 4.69) is 4.98 Å². The van der Waals surface area contributed by atoms with Crippen molar-refractivity contribution in [2.45, 2.75) is 11.9 Å². The van der Waals surface area contributed by atoms with E-state index in [4.69, 9.17) is 11.6 Å². The zero-order chi connectivity index (χ0) is 13.2. The van der Waals surface area contributed by atoms with E-state index in [-0.39, 0.29) is 0 Å². The molecule has 1 aromatic rings. The highest BCUT2D eigenvalue weighted by Gasteiger charge is 2.30. The van der Waals surface area contributed by atoms with E-state index in [9.17, 15) is 8.42 Å². The minimum Gasteiger partial charge on any atom is -0.281 e. The Balaban J connectivity index is 2.13. The van der Waals surface area contributed by atoms with Crippen molar-refractivity contribution in [1.29, 1.82) is 0 Å². The zero-order valence-corrected chi connectivity index (χ0v) is 12.4. The van der Waals surface area contributed by atoms with Crippen molar-refractivity contribution >= 4 is 33.2 Å². The standard InChI is InChI=1S/C11H15ClN2O2S2/c1-18(15,16)11-8-17-5-4-14(11)7-9-2-3-10(12)13-6-9/h2-3,6,11H,4-5,7-8H2,1H3. The molecule has 2 heterocycles. The van der Waals surface area contributed by atoms with Gasteiger partial charge in [0.05, 0.1) is 0 Å². The van der Waals surface area contributed by atoms with Gasteiger partial charge in [0.15, 0.2) is 9.84 Å². The highest BCUT2D eigenvalue weighted by Crippen LogP contribution is 2.22. The second-order valence-electron chi connectivity index (χ2n) is 4.32. The molecule has 100 valence electrons. The Kier molecular flexibility index (Phi) is 4.53. The summed E-state index contributed by atoms with van der Waals surface area (Å²) in [5.74, 6) is 1.60. The summed E-state index contributed by atoms with van der Waals surface area (Å²) in [6.07, 6.45) is 3.00. The van der Waals surface area contributed by atoms with E-state index in [1.807, 2.05) is 11.0 Å². The van der Waals surface area contributed by atoms with Crippen LogP contribution in [0.4, 0.5) is 0 Å². The van der Waals surface area contributed by atoms with Crippen LogP contribution >= 0.6 is 23.4 Å². The Morgan fingerprint density at radius 1 is 1.56 bits per heavy atom. The number of aromatic nitrogens is 1. The fourth-order valence-electron chi connectivity index (χ4n) is 1.93. The van der Waals surface area contributed by atoms with Gasteiger partial charge < -0.3 is 0 Å². The molecule has 4 nitrogen and oxygen atoms in total. The van der Waals surface area contributed by atoms with Crippen LogP contribution in [0.25, 0.3) is 0 Å². The summed E-state index contributed by atoms with van der Waals surface area (Å²) in [4.78, 5) is 6.01. The van der Waals surface area contributed by atoms with Crippen LogP contribution in [0.3, 0.4) is 0 Å². The molecule has 7 heteroatoms. The van der Waals surface area contributed by atoms with Gasteiger partial charge in [0, 0.05) is 37.0 Å². The van der Waals surface area contributed by atoms with Gasteiger partial charge >= 0.3 is 0 Å². The molecule has 0 saturated carbocycles. The molecule has 1 saturated heterocycles. The maximum absolute atomic E-state index is 11.7. The molecule has 18 heavy (non-hydrogen) atoms. The summed E-state index contributed by atoms with van der Waals surface area (Å²) in [5, 5.41) is 0.0551. The molecule has 0 bridgehead atoms. The molecule has 0 radical (unpaired) electrons. The number of sulfone groups is 1. The molecule has 1 aromatic heterocycles. The largest absolute Gasteiger partial charge is 0.281 e. The molecule has 1 atom stereocenters. The van der Waals surface area contributed by atoms with E-state index < -0.39 is 15.2 Å². The lowest BCUT2D eigenvalue weighted by molar-refractivity contribution is 0.262. The molecule has 1 unspecified atom stereocenters. The van der Waals surface area contributed by atoms with Crippen LogP contribution in [0.1, 0.15) is 5.56 Å². The first-order valence-electron chi connectivity index (χ1n) is 5.58. The van der Waals surface area contributed by atoms with Gasteiger partial charge in [0.25, 0.3) is 0 Å². The average molecular weight is 307 g/mol. The lowest BCUT2D eigenvalue weighted by Gasteiger charge is -2.33. The van der Waals surface area contributed by atoms with Crippen LogP contribution in [0, 0.1) is 0 Å². The third-order valence-corrected chi connectivity index (χ3v) is 5.77. The van der Waals surface area contributed by atoms with E-state index in [0.717, 1.165) is 17.9 Å². The van der Waals surface area contributed by atoms with Gasteiger partial charge in [-0.3, -0.25) is 4.90 Å². The van der Waals surface area contributed by atoms with Crippen molar-refractivity contribution < 1.29 is 8.42 Å². The van der Waals surface area contributed by atoms with Crippen molar-refractivity contribution in [1.82, 2.24) is 9.88 Å². The van der Waals surface area contributed by atoms with Crippen molar-refractivity contribution in [2.75, 3.05) is 24.3 Å². The van der Waals surface area contributed by atoms with Crippen LogP contribution in [0.15, 0.2) is 18.3 Å². The molecule has 1 aliphatic rings. The number of rotatable bonds is 3. The first-order chi connectivity index (χ1) is 8.47.